The summed E-state index contributed by atoms with van der Waals surface area (Å²) in [5, 5.41) is 3.03. The number of nitrogens with two attached hydrogens (primary N) is 1. The van der Waals surface area contributed by atoms with Gasteiger partial charge in [0.05, 0.1) is 6.54 Å². The molecule has 21 heavy (non-hydrogen) atoms. The van der Waals surface area contributed by atoms with E-state index in [0.717, 1.165) is 16.8 Å². The van der Waals surface area contributed by atoms with Crippen molar-refractivity contribution in [3.63, 3.8) is 0 Å². The lowest BCUT2D eigenvalue weighted by molar-refractivity contribution is -0.118. The fourth-order valence-electron chi connectivity index (χ4n) is 3.09. The highest BCUT2D eigenvalue weighted by molar-refractivity contribution is 5.96. The maximum Gasteiger partial charge on any atom is 0.228 e. The Morgan fingerprint density at radius 1 is 1.29 bits per heavy atom. The number of rotatable bonds is 2. The first-order valence-corrected chi connectivity index (χ1v) is 7.32. The Morgan fingerprint density at radius 2 is 1.90 bits per heavy atom. The molecule has 2 rings (SSSR count). The average Bonchev–Trinajstić information content (AvgIpc) is 2.78. The predicted molar refractivity (Wildman–Crippen MR) is 86.8 cm³/mol. The van der Waals surface area contributed by atoms with Crippen molar-refractivity contribution in [3.8, 4) is 11.8 Å². The number of carbonyl (C=O) groups is 1. The van der Waals surface area contributed by atoms with Gasteiger partial charge in [0.2, 0.25) is 5.91 Å². The fraction of sp³-hybridized carbons (Fsp3) is 0.500. The van der Waals surface area contributed by atoms with E-state index in [-0.39, 0.29) is 22.7 Å². The first kappa shape index (κ1) is 15.6. The van der Waals surface area contributed by atoms with Crippen LogP contribution in [0.2, 0.25) is 0 Å². The summed E-state index contributed by atoms with van der Waals surface area (Å²) in [6, 6.07) is 5.78. The van der Waals surface area contributed by atoms with Gasteiger partial charge in [0, 0.05) is 17.2 Å². The number of aryl methyl sites for hydroxylation is 1. The van der Waals surface area contributed by atoms with Crippen LogP contribution in [0.5, 0.6) is 0 Å². The van der Waals surface area contributed by atoms with Gasteiger partial charge < -0.3 is 11.1 Å². The topological polar surface area (TPSA) is 55.1 Å². The van der Waals surface area contributed by atoms with Gasteiger partial charge in [-0.3, -0.25) is 4.79 Å². The quantitative estimate of drug-likeness (QED) is 0.820. The lowest BCUT2D eigenvalue weighted by Gasteiger charge is -2.08. The lowest BCUT2D eigenvalue weighted by Crippen LogP contribution is -2.17. The Hall–Kier alpha value is -1.79. The van der Waals surface area contributed by atoms with Gasteiger partial charge in [0.1, 0.15) is 0 Å². The molecule has 3 nitrogen and oxygen atoms in total. The summed E-state index contributed by atoms with van der Waals surface area (Å²) in [6.45, 7) is 10.9. The molecule has 0 atom stereocenters. The van der Waals surface area contributed by atoms with Crippen LogP contribution in [0.15, 0.2) is 18.2 Å². The molecule has 1 fully saturated rings. The van der Waals surface area contributed by atoms with E-state index in [2.05, 4.69) is 44.9 Å². The van der Waals surface area contributed by atoms with Crippen LogP contribution in [0.1, 0.15) is 38.8 Å². The molecule has 1 aliphatic carbocycles. The van der Waals surface area contributed by atoms with Crippen molar-refractivity contribution in [3.05, 3.63) is 29.3 Å². The first-order chi connectivity index (χ1) is 9.71. The summed E-state index contributed by atoms with van der Waals surface area (Å²) >= 11 is 0. The Balaban J connectivity index is 2.12. The van der Waals surface area contributed by atoms with Crippen LogP contribution >= 0.6 is 0 Å². The van der Waals surface area contributed by atoms with Crippen LogP contribution < -0.4 is 11.1 Å². The third kappa shape index (κ3) is 2.69. The highest BCUT2D eigenvalue weighted by Crippen LogP contribution is 2.68. The van der Waals surface area contributed by atoms with E-state index >= 15 is 0 Å². The summed E-state index contributed by atoms with van der Waals surface area (Å²) in [5.74, 6) is 6.03. The molecule has 0 spiro atoms. The van der Waals surface area contributed by atoms with E-state index in [1.54, 1.807) is 0 Å². The van der Waals surface area contributed by atoms with E-state index in [4.69, 9.17) is 5.73 Å². The Kier molecular flexibility index (Phi) is 3.86. The van der Waals surface area contributed by atoms with Crippen LogP contribution in [0, 0.1) is 35.5 Å². The summed E-state index contributed by atoms with van der Waals surface area (Å²) < 4.78 is 0. The highest BCUT2D eigenvalue weighted by atomic mass is 16.2. The monoisotopic (exact) mass is 284 g/mol. The van der Waals surface area contributed by atoms with E-state index < -0.39 is 0 Å². The Morgan fingerprint density at radius 3 is 2.38 bits per heavy atom. The van der Waals surface area contributed by atoms with Gasteiger partial charge in [-0.05, 0) is 41.5 Å². The summed E-state index contributed by atoms with van der Waals surface area (Å²) in [6.07, 6.45) is 0. The molecule has 0 saturated heterocycles. The van der Waals surface area contributed by atoms with Gasteiger partial charge in [-0.2, -0.15) is 0 Å². The molecular weight excluding hydrogens is 260 g/mol. The van der Waals surface area contributed by atoms with Gasteiger partial charge in [-0.15, -0.1) is 0 Å². The Labute approximate surface area is 127 Å². The number of hydrogen-bond donors (Lipinski definition) is 2. The number of amides is 1. The van der Waals surface area contributed by atoms with Gasteiger partial charge >= 0.3 is 0 Å². The molecule has 0 bridgehead atoms. The van der Waals surface area contributed by atoms with E-state index in [1.807, 2.05) is 25.1 Å². The zero-order chi connectivity index (χ0) is 15.8. The third-order valence-corrected chi connectivity index (χ3v) is 5.10. The first-order valence-electron chi connectivity index (χ1n) is 7.32. The lowest BCUT2D eigenvalue weighted by atomic mass is 10.0. The normalized spacial score (nSPS) is 18.6. The van der Waals surface area contributed by atoms with Crippen LogP contribution in [-0.4, -0.2) is 12.5 Å². The third-order valence-electron chi connectivity index (χ3n) is 5.10. The number of benzene rings is 1. The minimum Gasteiger partial charge on any atom is -0.326 e. The zero-order valence-electron chi connectivity index (χ0n) is 13.5. The molecule has 1 aromatic rings. The number of nitrogens with one attached hydrogen (secondary N) is 1. The molecule has 0 unspecified atom stereocenters. The Bertz CT molecular complexity index is 618. The molecule has 1 saturated carbocycles. The van der Waals surface area contributed by atoms with E-state index in [1.165, 1.54) is 0 Å². The minimum atomic E-state index is 0.0542. The van der Waals surface area contributed by atoms with E-state index in [9.17, 15) is 4.79 Å². The maximum absolute atomic E-state index is 12.4. The maximum atomic E-state index is 12.4. The van der Waals surface area contributed by atoms with Crippen molar-refractivity contribution in [2.45, 2.75) is 34.6 Å². The number of carbonyl (C=O) groups excluding carboxylic acids is 1. The van der Waals surface area contributed by atoms with Crippen molar-refractivity contribution < 1.29 is 4.79 Å². The molecule has 0 heterocycles. The number of anilines is 1. The highest BCUT2D eigenvalue weighted by Gasteiger charge is 2.68. The second-order valence-electron chi connectivity index (χ2n) is 6.90. The minimum absolute atomic E-state index is 0.0542. The molecule has 1 amide bonds. The number of hydrogen-bond acceptors (Lipinski definition) is 2. The fourth-order valence-corrected chi connectivity index (χ4v) is 3.09. The van der Waals surface area contributed by atoms with Gasteiger partial charge in [-0.1, -0.05) is 39.5 Å². The van der Waals surface area contributed by atoms with Crippen LogP contribution in [0.4, 0.5) is 5.69 Å². The molecular formula is C18H24N2O. The van der Waals surface area contributed by atoms with Crippen molar-refractivity contribution >= 4 is 11.6 Å². The molecule has 3 N–H and O–H groups in total. The van der Waals surface area contributed by atoms with Crippen molar-refractivity contribution in [1.29, 1.82) is 0 Å². The SMILES string of the molecule is Cc1cc(NC(=O)C2C(C)(C)C2(C)C)ccc1C#CCN. The standard InChI is InChI=1S/C18H24N2O/c1-12-11-14(9-8-13(12)7-6-10-19)20-16(21)15-17(2,3)18(15,4)5/h8-9,11,15H,10,19H2,1-5H3,(H,20,21). The molecule has 1 aromatic carbocycles. The second-order valence-corrected chi connectivity index (χ2v) is 6.90. The van der Waals surface area contributed by atoms with Crippen LogP contribution in [0.25, 0.3) is 0 Å². The summed E-state index contributed by atoms with van der Waals surface area (Å²) in [7, 11) is 0. The zero-order valence-corrected chi connectivity index (χ0v) is 13.5. The van der Waals surface area contributed by atoms with Crippen LogP contribution in [-0.2, 0) is 4.79 Å². The van der Waals surface area contributed by atoms with E-state index in [0.29, 0.717) is 6.54 Å². The van der Waals surface area contributed by atoms with Gasteiger partial charge in [-0.25, -0.2) is 0 Å². The van der Waals surface area contributed by atoms with Crippen molar-refractivity contribution in [2.75, 3.05) is 11.9 Å². The van der Waals surface area contributed by atoms with Gasteiger partial charge in [0.25, 0.3) is 0 Å². The molecule has 3 heteroatoms. The molecule has 0 aliphatic heterocycles. The summed E-state index contributed by atoms with van der Waals surface area (Å²) in [5.41, 5.74) is 8.31. The second kappa shape index (κ2) is 5.20. The van der Waals surface area contributed by atoms with Crippen molar-refractivity contribution in [1.82, 2.24) is 0 Å². The molecule has 112 valence electrons. The average molecular weight is 284 g/mol. The summed E-state index contributed by atoms with van der Waals surface area (Å²) in [4.78, 5) is 12.4. The molecule has 1 aliphatic rings. The van der Waals surface area contributed by atoms with Crippen molar-refractivity contribution in [2.24, 2.45) is 22.5 Å². The molecule has 0 radical (unpaired) electrons. The predicted octanol–water partition coefficient (Wildman–Crippen LogP) is 2.93. The van der Waals surface area contributed by atoms with Crippen LogP contribution in [0.3, 0.4) is 0 Å². The largest absolute Gasteiger partial charge is 0.326 e. The van der Waals surface area contributed by atoms with Gasteiger partial charge in [0.15, 0.2) is 0 Å². The smallest absolute Gasteiger partial charge is 0.228 e. The molecule has 0 aromatic heterocycles.